The second-order valence-corrected chi connectivity index (χ2v) is 7.63. The monoisotopic (exact) mass is 426 g/mol. The van der Waals surface area contributed by atoms with Crippen LogP contribution >= 0.6 is 0 Å². The topological polar surface area (TPSA) is 67.2 Å². The van der Waals surface area contributed by atoms with Crippen LogP contribution < -0.4 is 10.2 Å². The molecule has 162 valence electrons. The van der Waals surface area contributed by atoms with Crippen molar-refractivity contribution in [1.82, 2.24) is 14.9 Å². The summed E-state index contributed by atoms with van der Waals surface area (Å²) in [5, 5.41) is 2.94. The maximum absolute atomic E-state index is 13.2. The van der Waals surface area contributed by atoms with Crippen LogP contribution in [0.2, 0.25) is 0 Å². The number of rotatable bonds is 7. The Morgan fingerprint density at radius 1 is 0.938 bits per heavy atom. The minimum absolute atomic E-state index is 0.0343. The molecule has 4 rings (SSSR count). The van der Waals surface area contributed by atoms with Gasteiger partial charge >= 0.3 is 0 Å². The molecular weight excluding hydrogens is 400 g/mol. The van der Waals surface area contributed by atoms with Gasteiger partial charge in [-0.2, -0.15) is 0 Å². The minimum Gasteiger partial charge on any atom is -0.345 e. The maximum Gasteiger partial charge on any atom is 0.251 e. The lowest BCUT2D eigenvalue weighted by molar-refractivity contribution is -0.119. The Hall–Kier alpha value is -3.93. The predicted molar refractivity (Wildman–Crippen MR) is 127 cm³/mol. The van der Waals surface area contributed by atoms with E-state index in [4.69, 9.17) is 0 Å². The van der Waals surface area contributed by atoms with Crippen molar-refractivity contribution in [3.63, 3.8) is 0 Å². The molecular formula is C26H26N4O2. The summed E-state index contributed by atoms with van der Waals surface area (Å²) in [6.07, 6.45) is 0. The summed E-state index contributed by atoms with van der Waals surface area (Å²) in [6.45, 7) is 4.87. The van der Waals surface area contributed by atoms with E-state index in [1.807, 2.05) is 85.1 Å². The van der Waals surface area contributed by atoms with Gasteiger partial charge < -0.3 is 14.8 Å². The lowest BCUT2D eigenvalue weighted by atomic mass is 10.1. The predicted octanol–water partition coefficient (Wildman–Crippen LogP) is 4.33. The number of benzene rings is 3. The molecule has 0 bridgehead atoms. The lowest BCUT2D eigenvalue weighted by Crippen LogP contribution is -2.34. The van der Waals surface area contributed by atoms with Crippen molar-refractivity contribution in [2.75, 3.05) is 11.4 Å². The van der Waals surface area contributed by atoms with Crippen molar-refractivity contribution in [3.8, 4) is 0 Å². The number of hydrogen-bond donors (Lipinski definition) is 1. The molecule has 4 aromatic rings. The summed E-state index contributed by atoms with van der Waals surface area (Å²) >= 11 is 0. The number of para-hydroxylation sites is 3. The first-order valence-electron chi connectivity index (χ1n) is 10.7. The van der Waals surface area contributed by atoms with E-state index >= 15 is 0 Å². The molecule has 0 saturated carbocycles. The summed E-state index contributed by atoms with van der Waals surface area (Å²) in [7, 11) is 0. The number of hydrogen-bond acceptors (Lipinski definition) is 3. The number of anilines is 1. The second-order valence-electron chi connectivity index (χ2n) is 7.63. The van der Waals surface area contributed by atoms with Crippen LogP contribution in [-0.4, -0.2) is 27.9 Å². The first-order valence-corrected chi connectivity index (χ1v) is 10.7. The average molecular weight is 427 g/mol. The zero-order chi connectivity index (χ0) is 22.5. The average Bonchev–Trinajstić information content (AvgIpc) is 3.16. The fourth-order valence-corrected chi connectivity index (χ4v) is 3.73. The van der Waals surface area contributed by atoms with Gasteiger partial charge in [0.2, 0.25) is 5.91 Å². The number of nitrogens with zero attached hydrogens (tertiary/aromatic N) is 3. The Bertz CT molecular complexity index is 1230. The van der Waals surface area contributed by atoms with Crippen LogP contribution in [0.25, 0.3) is 11.0 Å². The number of aryl methyl sites for hydroxylation is 1. The van der Waals surface area contributed by atoms with E-state index in [0.717, 1.165) is 22.3 Å². The van der Waals surface area contributed by atoms with Crippen LogP contribution in [0.5, 0.6) is 0 Å². The van der Waals surface area contributed by atoms with Crippen molar-refractivity contribution >= 4 is 28.5 Å². The largest absolute Gasteiger partial charge is 0.345 e. The zero-order valence-electron chi connectivity index (χ0n) is 18.3. The van der Waals surface area contributed by atoms with Gasteiger partial charge in [-0.1, -0.05) is 48.0 Å². The highest BCUT2D eigenvalue weighted by molar-refractivity contribution is 5.95. The number of carbonyl (C=O) groups is 2. The fourth-order valence-electron chi connectivity index (χ4n) is 3.73. The Balaban J connectivity index is 1.58. The molecule has 0 spiro atoms. The minimum atomic E-state index is -0.172. The normalized spacial score (nSPS) is 10.8. The Morgan fingerprint density at radius 3 is 2.34 bits per heavy atom. The fraction of sp³-hybridized carbons (Fsp3) is 0.192. The molecule has 6 nitrogen and oxygen atoms in total. The van der Waals surface area contributed by atoms with E-state index < -0.39 is 0 Å². The van der Waals surface area contributed by atoms with Gasteiger partial charge in [0.25, 0.3) is 5.91 Å². The summed E-state index contributed by atoms with van der Waals surface area (Å²) in [5.74, 6) is 0.437. The van der Waals surface area contributed by atoms with Crippen LogP contribution in [0.1, 0.15) is 28.7 Å². The summed E-state index contributed by atoms with van der Waals surface area (Å²) < 4.78 is 1.89. The molecule has 0 saturated heterocycles. The number of imidazole rings is 1. The van der Waals surface area contributed by atoms with Gasteiger partial charge in [-0.25, -0.2) is 4.98 Å². The number of carbonyl (C=O) groups excluding carboxylic acids is 2. The van der Waals surface area contributed by atoms with E-state index in [-0.39, 0.29) is 24.9 Å². The SMILES string of the molecule is CCN(C(=O)Cn1c(CNC(=O)c2ccc(C)cc2)nc2ccccc21)c1ccccc1. The Kier molecular flexibility index (Phi) is 6.31. The molecule has 0 atom stereocenters. The molecule has 1 heterocycles. The zero-order valence-corrected chi connectivity index (χ0v) is 18.3. The van der Waals surface area contributed by atoms with Crippen molar-refractivity contribution in [1.29, 1.82) is 0 Å². The number of aromatic nitrogens is 2. The first kappa shape index (κ1) is 21.3. The first-order chi connectivity index (χ1) is 15.6. The third kappa shape index (κ3) is 4.54. The molecule has 0 unspecified atom stereocenters. The van der Waals surface area contributed by atoms with Gasteiger partial charge in [-0.15, -0.1) is 0 Å². The Morgan fingerprint density at radius 2 is 1.62 bits per heavy atom. The molecule has 0 aliphatic carbocycles. The number of likely N-dealkylation sites (N-methyl/N-ethyl adjacent to an activating group) is 1. The van der Waals surface area contributed by atoms with Gasteiger partial charge in [-0.3, -0.25) is 9.59 Å². The third-order valence-corrected chi connectivity index (χ3v) is 5.43. The molecule has 32 heavy (non-hydrogen) atoms. The number of amides is 2. The van der Waals surface area contributed by atoms with Crippen molar-refractivity contribution in [2.45, 2.75) is 26.9 Å². The van der Waals surface area contributed by atoms with E-state index in [1.165, 1.54) is 0 Å². The summed E-state index contributed by atoms with van der Waals surface area (Å²) in [6, 6.07) is 24.7. The highest BCUT2D eigenvalue weighted by Gasteiger charge is 2.19. The highest BCUT2D eigenvalue weighted by atomic mass is 16.2. The Labute approximate surface area is 187 Å². The van der Waals surface area contributed by atoms with E-state index in [1.54, 1.807) is 17.0 Å². The van der Waals surface area contributed by atoms with Crippen LogP contribution in [0.3, 0.4) is 0 Å². The number of nitrogens with one attached hydrogen (secondary N) is 1. The van der Waals surface area contributed by atoms with E-state index in [2.05, 4.69) is 10.3 Å². The molecule has 6 heteroatoms. The smallest absolute Gasteiger partial charge is 0.251 e. The van der Waals surface area contributed by atoms with Crippen LogP contribution in [0.4, 0.5) is 5.69 Å². The van der Waals surface area contributed by atoms with Crippen molar-refractivity contribution in [2.24, 2.45) is 0 Å². The number of fused-ring (bicyclic) bond motifs is 1. The lowest BCUT2D eigenvalue weighted by Gasteiger charge is -2.22. The van der Waals surface area contributed by atoms with Crippen LogP contribution in [0.15, 0.2) is 78.9 Å². The molecule has 0 radical (unpaired) electrons. The van der Waals surface area contributed by atoms with Crippen molar-refractivity contribution < 1.29 is 9.59 Å². The molecule has 3 aromatic carbocycles. The second kappa shape index (κ2) is 9.47. The van der Waals surface area contributed by atoms with Crippen molar-refractivity contribution in [3.05, 3.63) is 95.8 Å². The van der Waals surface area contributed by atoms with Gasteiger partial charge in [0.05, 0.1) is 17.6 Å². The van der Waals surface area contributed by atoms with Gasteiger partial charge in [-0.05, 0) is 50.2 Å². The quantitative estimate of drug-likeness (QED) is 0.478. The molecule has 0 aliphatic heterocycles. The molecule has 1 aromatic heterocycles. The molecule has 1 N–H and O–H groups in total. The van der Waals surface area contributed by atoms with Gasteiger partial charge in [0.15, 0.2) is 0 Å². The van der Waals surface area contributed by atoms with E-state index in [0.29, 0.717) is 17.9 Å². The maximum atomic E-state index is 13.2. The highest BCUT2D eigenvalue weighted by Crippen LogP contribution is 2.19. The van der Waals surface area contributed by atoms with Gasteiger partial charge in [0.1, 0.15) is 12.4 Å². The third-order valence-electron chi connectivity index (χ3n) is 5.43. The summed E-state index contributed by atoms with van der Waals surface area (Å²) in [4.78, 5) is 32.2. The van der Waals surface area contributed by atoms with E-state index in [9.17, 15) is 9.59 Å². The summed E-state index contributed by atoms with van der Waals surface area (Å²) in [5.41, 5.74) is 4.21. The molecule has 0 aliphatic rings. The standard InChI is InChI=1S/C26H26N4O2/c1-3-29(21-9-5-4-6-10-21)25(31)18-30-23-12-8-7-11-22(23)28-24(30)17-27-26(32)20-15-13-19(2)14-16-20/h4-16H,3,17-18H2,1-2H3,(H,27,32). The molecule has 0 fully saturated rings. The van der Waals surface area contributed by atoms with Crippen LogP contribution in [0, 0.1) is 6.92 Å². The van der Waals surface area contributed by atoms with Gasteiger partial charge in [0, 0.05) is 17.8 Å². The molecule has 2 amide bonds. The van der Waals surface area contributed by atoms with Crippen LogP contribution in [-0.2, 0) is 17.9 Å².